The van der Waals surface area contributed by atoms with Crippen LogP contribution in [0, 0.1) is 0 Å². The molecule has 0 saturated heterocycles. The predicted octanol–water partition coefficient (Wildman–Crippen LogP) is -0.158. The van der Waals surface area contributed by atoms with E-state index in [9.17, 15) is 9.59 Å². The first-order chi connectivity index (χ1) is 8.18. The van der Waals surface area contributed by atoms with Gasteiger partial charge in [0, 0.05) is 18.9 Å². The molecule has 6 heteroatoms. The molecule has 17 heavy (non-hydrogen) atoms. The lowest BCUT2D eigenvalue weighted by Gasteiger charge is -2.04. The molecule has 1 heterocycles. The zero-order valence-electron chi connectivity index (χ0n) is 9.26. The van der Waals surface area contributed by atoms with Gasteiger partial charge in [-0.05, 0) is 11.6 Å². The Hall–Kier alpha value is -1.95. The maximum absolute atomic E-state index is 11.4. The summed E-state index contributed by atoms with van der Waals surface area (Å²) in [7, 11) is 0. The second kappa shape index (κ2) is 7.34. The summed E-state index contributed by atoms with van der Waals surface area (Å²) in [6, 6.07) is 3.58. The highest BCUT2D eigenvalue weighted by Gasteiger charge is 2.02. The Morgan fingerprint density at radius 3 is 2.94 bits per heavy atom. The number of nitrogens with one attached hydrogen (secondary N) is 1. The Labute approximate surface area is 98.6 Å². The highest BCUT2D eigenvalue weighted by molar-refractivity contribution is 5.78. The van der Waals surface area contributed by atoms with Crippen LogP contribution in [0.3, 0.4) is 0 Å². The first kappa shape index (κ1) is 13.1. The minimum Gasteiger partial charge on any atom is -0.480 e. The fraction of sp³-hybridized carbons (Fsp3) is 0.364. The average molecular weight is 238 g/mol. The first-order valence-electron chi connectivity index (χ1n) is 5.13. The predicted molar refractivity (Wildman–Crippen MR) is 59.4 cm³/mol. The summed E-state index contributed by atoms with van der Waals surface area (Å²) in [4.78, 5) is 25.4. The molecule has 6 nitrogen and oxygen atoms in total. The molecule has 92 valence electrons. The van der Waals surface area contributed by atoms with Crippen molar-refractivity contribution in [3.63, 3.8) is 0 Å². The maximum Gasteiger partial charge on any atom is 0.329 e. The van der Waals surface area contributed by atoms with Crippen molar-refractivity contribution in [2.24, 2.45) is 0 Å². The standard InChI is InChI=1S/C11H14N2O4/c14-10(6-9-2-1-3-12-7-9)13-4-5-17-8-11(15)16/h1-3,7H,4-6,8H2,(H,13,14)(H,15,16). The van der Waals surface area contributed by atoms with Gasteiger partial charge < -0.3 is 15.2 Å². The summed E-state index contributed by atoms with van der Waals surface area (Å²) in [5.41, 5.74) is 0.830. The third-order valence-corrected chi connectivity index (χ3v) is 1.88. The van der Waals surface area contributed by atoms with Gasteiger partial charge in [-0.15, -0.1) is 0 Å². The third kappa shape index (κ3) is 6.26. The number of hydrogen-bond donors (Lipinski definition) is 2. The van der Waals surface area contributed by atoms with Crippen molar-refractivity contribution in [3.8, 4) is 0 Å². The van der Waals surface area contributed by atoms with Gasteiger partial charge in [0.1, 0.15) is 6.61 Å². The van der Waals surface area contributed by atoms with E-state index in [1.165, 1.54) is 0 Å². The van der Waals surface area contributed by atoms with Gasteiger partial charge in [-0.2, -0.15) is 0 Å². The molecule has 0 unspecified atom stereocenters. The Bertz CT molecular complexity index is 367. The smallest absolute Gasteiger partial charge is 0.329 e. The molecule has 1 aromatic rings. The van der Waals surface area contributed by atoms with Crippen LogP contribution in [0.2, 0.25) is 0 Å². The number of nitrogens with zero attached hydrogens (tertiary/aromatic N) is 1. The third-order valence-electron chi connectivity index (χ3n) is 1.88. The molecule has 0 aliphatic heterocycles. The van der Waals surface area contributed by atoms with Crippen LogP contribution in [-0.4, -0.2) is 41.7 Å². The summed E-state index contributed by atoms with van der Waals surface area (Å²) < 4.78 is 4.77. The van der Waals surface area contributed by atoms with Crippen LogP contribution in [0.15, 0.2) is 24.5 Å². The van der Waals surface area contributed by atoms with E-state index in [0.29, 0.717) is 6.54 Å². The number of pyridine rings is 1. The van der Waals surface area contributed by atoms with Crippen LogP contribution in [0.25, 0.3) is 0 Å². The molecular weight excluding hydrogens is 224 g/mol. The van der Waals surface area contributed by atoms with Crippen molar-refractivity contribution < 1.29 is 19.4 Å². The van der Waals surface area contributed by atoms with E-state index in [0.717, 1.165) is 5.56 Å². The Morgan fingerprint density at radius 2 is 2.29 bits per heavy atom. The van der Waals surface area contributed by atoms with E-state index in [4.69, 9.17) is 9.84 Å². The minimum absolute atomic E-state index is 0.142. The number of carbonyl (C=O) groups is 2. The summed E-state index contributed by atoms with van der Waals surface area (Å²) in [6.07, 6.45) is 3.52. The molecular formula is C11H14N2O4. The van der Waals surface area contributed by atoms with E-state index < -0.39 is 5.97 Å². The lowest BCUT2D eigenvalue weighted by atomic mass is 10.2. The van der Waals surface area contributed by atoms with Gasteiger partial charge >= 0.3 is 5.97 Å². The number of rotatable bonds is 7. The fourth-order valence-electron chi connectivity index (χ4n) is 1.17. The van der Waals surface area contributed by atoms with Crippen molar-refractivity contribution in [3.05, 3.63) is 30.1 Å². The zero-order chi connectivity index (χ0) is 12.5. The molecule has 0 fully saturated rings. The van der Waals surface area contributed by atoms with E-state index >= 15 is 0 Å². The Kier molecular flexibility index (Phi) is 5.67. The van der Waals surface area contributed by atoms with E-state index in [1.54, 1.807) is 18.5 Å². The maximum atomic E-state index is 11.4. The highest BCUT2D eigenvalue weighted by atomic mass is 16.5. The molecule has 1 aromatic heterocycles. The number of aliphatic carboxylic acids is 1. The summed E-state index contributed by atoms with van der Waals surface area (Å²) >= 11 is 0. The van der Waals surface area contributed by atoms with Gasteiger partial charge in [0.05, 0.1) is 13.0 Å². The fourth-order valence-corrected chi connectivity index (χ4v) is 1.17. The van der Waals surface area contributed by atoms with Crippen molar-refractivity contribution in [2.45, 2.75) is 6.42 Å². The lowest BCUT2D eigenvalue weighted by Crippen LogP contribution is -2.29. The summed E-state index contributed by atoms with van der Waals surface area (Å²) in [5, 5.41) is 10.9. The average Bonchev–Trinajstić information content (AvgIpc) is 2.29. The highest BCUT2D eigenvalue weighted by Crippen LogP contribution is 1.96. The molecule has 0 spiro atoms. The minimum atomic E-state index is -1.02. The number of carbonyl (C=O) groups excluding carboxylic acids is 1. The number of ether oxygens (including phenoxy) is 1. The normalized spacial score (nSPS) is 9.88. The quantitative estimate of drug-likeness (QED) is 0.644. The first-order valence-corrected chi connectivity index (χ1v) is 5.13. The molecule has 2 N–H and O–H groups in total. The number of aromatic nitrogens is 1. The lowest BCUT2D eigenvalue weighted by molar-refractivity contribution is -0.142. The monoisotopic (exact) mass is 238 g/mol. The van der Waals surface area contributed by atoms with E-state index in [1.807, 2.05) is 6.07 Å². The van der Waals surface area contributed by atoms with Crippen molar-refractivity contribution in [1.82, 2.24) is 10.3 Å². The van der Waals surface area contributed by atoms with E-state index in [2.05, 4.69) is 10.3 Å². The number of carboxylic acids is 1. The topological polar surface area (TPSA) is 88.5 Å². The van der Waals surface area contributed by atoms with Crippen LogP contribution < -0.4 is 5.32 Å². The van der Waals surface area contributed by atoms with Crippen molar-refractivity contribution in [2.75, 3.05) is 19.8 Å². The molecule has 0 radical (unpaired) electrons. The van der Waals surface area contributed by atoms with E-state index in [-0.39, 0.29) is 25.5 Å². The summed E-state index contributed by atoms with van der Waals surface area (Å²) in [6.45, 7) is 0.135. The Morgan fingerprint density at radius 1 is 1.47 bits per heavy atom. The van der Waals surface area contributed by atoms with Gasteiger partial charge in [-0.1, -0.05) is 6.07 Å². The number of hydrogen-bond acceptors (Lipinski definition) is 4. The van der Waals surface area contributed by atoms with Gasteiger partial charge in [-0.3, -0.25) is 9.78 Å². The van der Waals surface area contributed by atoms with Gasteiger partial charge in [-0.25, -0.2) is 4.79 Å². The molecule has 1 rings (SSSR count). The number of amides is 1. The molecule has 1 amide bonds. The second-order valence-electron chi connectivity index (χ2n) is 3.33. The van der Waals surface area contributed by atoms with Crippen molar-refractivity contribution in [1.29, 1.82) is 0 Å². The van der Waals surface area contributed by atoms with Crippen LogP contribution in [0.4, 0.5) is 0 Å². The molecule has 0 saturated carbocycles. The van der Waals surface area contributed by atoms with Crippen LogP contribution >= 0.6 is 0 Å². The molecule has 0 aliphatic carbocycles. The molecule has 0 aliphatic rings. The Balaban J connectivity index is 2.12. The number of carboxylic acid groups (broad SMARTS) is 1. The van der Waals surface area contributed by atoms with Crippen molar-refractivity contribution >= 4 is 11.9 Å². The zero-order valence-corrected chi connectivity index (χ0v) is 9.26. The largest absolute Gasteiger partial charge is 0.480 e. The van der Waals surface area contributed by atoms with Gasteiger partial charge in [0.15, 0.2) is 0 Å². The molecule has 0 atom stereocenters. The molecule has 0 bridgehead atoms. The van der Waals surface area contributed by atoms with Crippen LogP contribution in [-0.2, 0) is 20.7 Å². The SMILES string of the molecule is O=C(O)COCCNC(=O)Cc1cccnc1. The van der Waals surface area contributed by atoms with Gasteiger partial charge in [0.2, 0.25) is 5.91 Å². The second-order valence-corrected chi connectivity index (χ2v) is 3.33. The molecule has 0 aromatic carbocycles. The van der Waals surface area contributed by atoms with Gasteiger partial charge in [0.25, 0.3) is 0 Å². The summed E-state index contributed by atoms with van der Waals surface area (Å²) in [5.74, 6) is -1.16. The van der Waals surface area contributed by atoms with Crippen LogP contribution in [0.5, 0.6) is 0 Å². The van der Waals surface area contributed by atoms with Crippen LogP contribution in [0.1, 0.15) is 5.56 Å².